The van der Waals surface area contributed by atoms with Gasteiger partial charge in [0.25, 0.3) is 16.0 Å². The molecule has 2 aromatic carbocycles. The molecular formula is C20H22FN3O4S. The van der Waals surface area contributed by atoms with E-state index in [-0.39, 0.29) is 5.91 Å². The zero-order valence-electron chi connectivity index (χ0n) is 16.0. The second kappa shape index (κ2) is 8.32. The predicted molar refractivity (Wildman–Crippen MR) is 110 cm³/mol. The van der Waals surface area contributed by atoms with Gasteiger partial charge in [0.1, 0.15) is 5.82 Å². The molecule has 2 heterocycles. The Labute approximate surface area is 168 Å². The standard InChI is InChI=1S/C19H18FN3O.CH4O3S/c1-21-10-11-2-4-12(5-3-11)18-14-6-7-22-19(24)15-8-13(20)9-16(23-18)17(14)15;1-5(2,3)4/h2-5,8-9,21,23H,6-7,10H2,1H3,(H,22,24);1H3,(H,2,3,4). The minimum atomic E-state index is -3.67. The summed E-state index contributed by atoms with van der Waals surface area (Å²) in [5.41, 5.74) is 5.36. The van der Waals surface area contributed by atoms with Crippen LogP contribution in [-0.2, 0) is 23.1 Å². The lowest BCUT2D eigenvalue weighted by molar-refractivity contribution is 0.0956. The van der Waals surface area contributed by atoms with E-state index in [4.69, 9.17) is 4.55 Å². The molecule has 3 aromatic rings. The third-order valence-electron chi connectivity index (χ3n) is 4.50. The van der Waals surface area contributed by atoms with E-state index in [1.165, 1.54) is 17.7 Å². The van der Waals surface area contributed by atoms with Crippen molar-refractivity contribution in [2.24, 2.45) is 0 Å². The lowest BCUT2D eigenvalue weighted by Crippen LogP contribution is -2.23. The summed E-state index contributed by atoms with van der Waals surface area (Å²) in [7, 11) is -1.75. The fourth-order valence-corrected chi connectivity index (χ4v) is 3.43. The number of aromatic amines is 1. The summed E-state index contributed by atoms with van der Waals surface area (Å²) in [4.78, 5) is 15.5. The van der Waals surface area contributed by atoms with Gasteiger partial charge in [-0.25, -0.2) is 4.39 Å². The van der Waals surface area contributed by atoms with Crippen molar-refractivity contribution < 1.29 is 22.2 Å². The first-order valence-electron chi connectivity index (χ1n) is 8.96. The number of hydrogen-bond donors (Lipinski definition) is 4. The minimum absolute atomic E-state index is 0.215. The molecule has 1 amide bonds. The maximum absolute atomic E-state index is 13.9. The Morgan fingerprint density at radius 2 is 1.86 bits per heavy atom. The van der Waals surface area contributed by atoms with Crippen molar-refractivity contribution in [3.8, 4) is 11.3 Å². The lowest BCUT2D eigenvalue weighted by Gasteiger charge is -2.06. The molecule has 4 rings (SSSR count). The molecular weight excluding hydrogens is 397 g/mol. The van der Waals surface area contributed by atoms with E-state index in [0.29, 0.717) is 23.9 Å². The molecule has 0 atom stereocenters. The first-order valence-corrected chi connectivity index (χ1v) is 10.8. The van der Waals surface area contributed by atoms with Crippen LogP contribution in [-0.4, -0.2) is 43.7 Å². The van der Waals surface area contributed by atoms with Gasteiger partial charge < -0.3 is 15.6 Å². The molecule has 1 aliphatic heterocycles. The summed E-state index contributed by atoms with van der Waals surface area (Å²) in [6.07, 6.45) is 1.44. The molecule has 4 N–H and O–H groups in total. The highest BCUT2D eigenvalue weighted by molar-refractivity contribution is 7.85. The van der Waals surface area contributed by atoms with Gasteiger partial charge >= 0.3 is 0 Å². The molecule has 0 fully saturated rings. The van der Waals surface area contributed by atoms with E-state index in [1.807, 2.05) is 7.05 Å². The summed E-state index contributed by atoms with van der Waals surface area (Å²) in [6, 6.07) is 11.0. The highest BCUT2D eigenvalue weighted by Gasteiger charge is 2.23. The van der Waals surface area contributed by atoms with Crippen LogP contribution in [0.15, 0.2) is 36.4 Å². The molecule has 29 heavy (non-hydrogen) atoms. The highest BCUT2D eigenvalue weighted by Crippen LogP contribution is 2.34. The number of amides is 1. The summed E-state index contributed by atoms with van der Waals surface area (Å²) in [6.45, 7) is 1.36. The van der Waals surface area contributed by atoms with Crippen LogP contribution in [0.3, 0.4) is 0 Å². The summed E-state index contributed by atoms with van der Waals surface area (Å²) < 4.78 is 39.8. The van der Waals surface area contributed by atoms with Crippen LogP contribution in [0.1, 0.15) is 21.5 Å². The Kier molecular flexibility index (Phi) is 6.02. The van der Waals surface area contributed by atoms with Crippen LogP contribution in [0.25, 0.3) is 22.2 Å². The number of carbonyl (C=O) groups is 1. The monoisotopic (exact) mass is 419 g/mol. The number of carbonyl (C=O) groups excluding carboxylic acids is 1. The SMILES string of the molecule is CNCc1ccc(-c2[nH]c3cc(F)cc4c3c2CCNC4=O)cc1.CS(=O)(=O)O. The first-order chi connectivity index (χ1) is 13.7. The maximum atomic E-state index is 13.9. The molecule has 1 aliphatic rings. The first kappa shape index (κ1) is 21.0. The molecule has 0 saturated carbocycles. The predicted octanol–water partition coefficient (Wildman–Crippen LogP) is 2.48. The van der Waals surface area contributed by atoms with Crippen molar-refractivity contribution >= 4 is 26.9 Å². The van der Waals surface area contributed by atoms with Gasteiger partial charge in [0.2, 0.25) is 0 Å². The van der Waals surface area contributed by atoms with Gasteiger partial charge in [0.05, 0.1) is 11.8 Å². The molecule has 1 aromatic heterocycles. The van der Waals surface area contributed by atoms with Gasteiger partial charge in [-0.2, -0.15) is 8.42 Å². The number of benzene rings is 2. The van der Waals surface area contributed by atoms with E-state index < -0.39 is 15.9 Å². The quantitative estimate of drug-likeness (QED) is 0.488. The van der Waals surface area contributed by atoms with Crippen LogP contribution >= 0.6 is 0 Å². The lowest BCUT2D eigenvalue weighted by atomic mass is 9.99. The van der Waals surface area contributed by atoms with Gasteiger partial charge in [0.15, 0.2) is 0 Å². The third-order valence-corrected chi connectivity index (χ3v) is 4.50. The Bertz CT molecular complexity index is 1150. The van der Waals surface area contributed by atoms with E-state index in [2.05, 4.69) is 39.9 Å². The smallest absolute Gasteiger partial charge is 0.261 e. The molecule has 9 heteroatoms. The molecule has 0 aliphatic carbocycles. The summed E-state index contributed by atoms with van der Waals surface area (Å²) in [5.74, 6) is -0.619. The van der Waals surface area contributed by atoms with E-state index in [0.717, 1.165) is 35.2 Å². The van der Waals surface area contributed by atoms with Crippen LogP contribution < -0.4 is 10.6 Å². The largest absolute Gasteiger partial charge is 0.354 e. The average Bonchev–Trinajstić information content (AvgIpc) is 2.89. The molecule has 0 unspecified atom stereocenters. The Balaban J connectivity index is 0.000000431. The third kappa shape index (κ3) is 5.00. The topological polar surface area (TPSA) is 111 Å². The van der Waals surface area contributed by atoms with Gasteiger partial charge in [-0.3, -0.25) is 9.35 Å². The Morgan fingerprint density at radius 3 is 2.48 bits per heavy atom. The van der Waals surface area contributed by atoms with Gasteiger partial charge in [0, 0.05) is 29.7 Å². The summed E-state index contributed by atoms with van der Waals surface area (Å²) >= 11 is 0. The zero-order chi connectivity index (χ0) is 21.2. The van der Waals surface area contributed by atoms with E-state index >= 15 is 0 Å². The molecule has 0 bridgehead atoms. The van der Waals surface area contributed by atoms with Crippen LogP contribution in [0.4, 0.5) is 4.39 Å². The molecule has 154 valence electrons. The number of halogens is 1. The number of rotatable bonds is 3. The zero-order valence-corrected chi connectivity index (χ0v) is 16.9. The van der Waals surface area contributed by atoms with Crippen LogP contribution in [0.5, 0.6) is 0 Å². The Morgan fingerprint density at radius 1 is 1.21 bits per heavy atom. The number of nitrogens with one attached hydrogen (secondary N) is 3. The normalized spacial score (nSPS) is 13.4. The molecule has 0 spiro atoms. The van der Waals surface area contributed by atoms with Crippen molar-refractivity contribution in [2.75, 3.05) is 19.8 Å². The van der Waals surface area contributed by atoms with Crippen LogP contribution in [0.2, 0.25) is 0 Å². The van der Waals surface area contributed by atoms with Gasteiger partial charge in [-0.15, -0.1) is 0 Å². The van der Waals surface area contributed by atoms with Crippen molar-refractivity contribution in [2.45, 2.75) is 13.0 Å². The minimum Gasteiger partial charge on any atom is -0.354 e. The fraction of sp³-hybridized carbons (Fsp3) is 0.250. The maximum Gasteiger partial charge on any atom is 0.261 e. The number of hydrogen-bond acceptors (Lipinski definition) is 4. The second-order valence-corrected chi connectivity index (χ2v) is 8.29. The number of H-pyrrole nitrogens is 1. The Hall–Kier alpha value is -2.75. The van der Waals surface area contributed by atoms with E-state index in [9.17, 15) is 17.6 Å². The fourth-order valence-electron chi connectivity index (χ4n) is 3.43. The van der Waals surface area contributed by atoms with Crippen molar-refractivity contribution in [3.05, 3.63) is 58.9 Å². The molecule has 0 saturated heterocycles. The number of aromatic nitrogens is 1. The average molecular weight is 419 g/mol. The van der Waals surface area contributed by atoms with Crippen molar-refractivity contribution in [1.29, 1.82) is 0 Å². The van der Waals surface area contributed by atoms with Crippen molar-refractivity contribution in [3.63, 3.8) is 0 Å². The molecule has 7 nitrogen and oxygen atoms in total. The van der Waals surface area contributed by atoms with Crippen molar-refractivity contribution in [1.82, 2.24) is 15.6 Å². The second-order valence-electron chi connectivity index (χ2n) is 6.82. The molecule has 0 radical (unpaired) electrons. The van der Waals surface area contributed by atoms with Crippen LogP contribution in [0, 0.1) is 5.82 Å². The van der Waals surface area contributed by atoms with Gasteiger partial charge in [-0.1, -0.05) is 24.3 Å². The van der Waals surface area contributed by atoms with Gasteiger partial charge in [-0.05, 0) is 42.3 Å². The van der Waals surface area contributed by atoms with E-state index in [1.54, 1.807) is 0 Å². The summed E-state index contributed by atoms with van der Waals surface area (Å²) in [5, 5.41) is 6.80. The highest BCUT2D eigenvalue weighted by atomic mass is 32.2.